The van der Waals surface area contributed by atoms with Crippen LogP contribution in [0.4, 0.5) is 10.1 Å². The van der Waals surface area contributed by atoms with Crippen LogP contribution in [0.25, 0.3) is 0 Å². The highest BCUT2D eigenvalue weighted by molar-refractivity contribution is 7.92. The Morgan fingerprint density at radius 1 is 1.09 bits per heavy atom. The van der Waals surface area contributed by atoms with Crippen molar-refractivity contribution in [2.75, 3.05) is 4.72 Å². The topological polar surface area (TPSA) is 46.2 Å². The first-order chi connectivity index (χ1) is 10.4. The van der Waals surface area contributed by atoms with Gasteiger partial charge in [0, 0.05) is 0 Å². The van der Waals surface area contributed by atoms with Crippen LogP contribution in [0.5, 0.6) is 0 Å². The van der Waals surface area contributed by atoms with Crippen molar-refractivity contribution in [3.05, 3.63) is 59.4 Å². The lowest BCUT2D eigenvalue weighted by atomic mass is 10.1. The van der Waals surface area contributed by atoms with E-state index in [9.17, 15) is 12.8 Å². The van der Waals surface area contributed by atoms with Crippen LogP contribution >= 0.6 is 0 Å². The number of anilines is 1. The molecule has 1 N–H and O–H groups in total. The molecule has 22 heavy (non-hydrogen) atoms. The summed E-state index contributed by atoms with van der Waals surface area (Å²) in [6.07, 6.45) is 3.22. The fourth-order valence-electron chi connectivity index (χ4n) is 2.19. The average Bonchev–Trinajstić information content (AvgIpc) is 2.48. The molecule has 0 saturated heterocycles. The van der Waals surface area contributed by atoms with Crippen LogP contribution in [0.2, 0.25) is 0 Å². The normalized spacial score (nSPS) is 11.4. The zero-order valence-electron chi connectivity index (χ0n) is 12.8. The van der Waals surface area contributed by atoms with Gasteiger partial charge in [0.25, 0.3) is 10.0 Å². The molecule has 118 valence electrons. The number of benzene rings is 2. The third kappa shape index (κ3) is 4.07. The zero-order valence-corrected chi connectivity index (χ0v) is 13.6. The highest BCUT2D eigenvalue weighted by Gasteiger charge is 2.15. The molecule has 0 unspecified atom stereocenters. The lowest BCUT2D eigenvalue weighted by molar-refractivity contribution is 0.599. The molecule has 0 atom stereocenters. The number of hydrogen-bond donors (Lipinski definition) is 1. The number of rotatable bonds is 6. The molecule has 0 spiro atoms. The van der Waals surface area contributed by atoms with Crippen LogP contribution in [-0.2, 0) is 16.4 Å². The molecule has 0 heterocycles. The summed E-state index contributed by atoms with van der Waals surface area (Å²) >= 11 is 0. The van der Waals surface area contributed by atoms with Crippen LogP contribution in [0, 0.1) is 12.7 Å². The Balaban J connectivity index is 2.20. The summed E-state index contributed by atoms with van der Waals surface area (Å²) in [7, 11) is -3.70. The first kappa shape index (κ1) is 16.5. The number of nitrogens with one attached hydrogen (secondary N) is 1. The molecule has 2 aromatic carbocycles. The van der Waals surface area contributed by atoms with Gasteiger partial charge in [0.2, 0.25) is 0 Å². The Labute approximate surface area is 131 Å². The van der Waals surface area contributed by atoms with E-state index in [2.05, 4.69) is 11.6 Å². The summed E-state index contributed by atoms with van der Waals surface area (Å²) in [4.78, 5) is 0.0448. The maximum absolute atomic E-state index is 12.9. The molecule has 3 nitrogen and oxygen atoms in total. The molecule has 5 heteroatoms. The molecule has 0 aromatic heterocycles. The van der Waals surface area contributed by atoms with Gasteiger partial charge in [-0.15, -0.1) is 0 Å². The van der Waals surface area contributed by atoms with Gasteiger partial charge < -0.3 is 0 Å². The fraction of sp³-hybridized carbons (Fsp3) is 0.294. The second-order valence-corrected chi connectivity index (χ2v) is 6.99. The molecular weight excluding hydrogens is 301 g/mol. The SMILES string of the molecule is CCCCc1ccc(NS(=O)(=O)c2ccc(F)cc2)c(C)c1. The van der Waals surface area contributed by atoms with Crippen molar-refractivity contribution in [3.63, 3.8) is 0 Å². The minimum Gasteiger partial charge on any atom is -0.279 e. The molecule has 0 fully saturated rings. The summed E-state index contributed by atoms with van der Waals surface area (Å²) in [5.74, 6) is -0.463. The van der Waals surface area contributed by atoms with Crippen molar-refractivity contribution >= 4 is 15.7 Å². The van der Waals surface area contributed by atoms with E-state index >= 15 is 0 Å². The maximum atomic E-state index is 12.9. The zero-order chi connectivity index (χ0) is 16.2. The van der Waals surface area contributed by atoms with Gasteiger partial charge in [0.05, 0.1) is 10.6 Å². The van der Waals surface area contributed by atoms with Gasteiger partial charge in [0.1, 0.15) is 5.82 Å². The van der Waals surface area contributed by atoms with Crippen LogP contribution in [-0.4, -0.2) is 8.42 Å². The number of unbranched alkanes of at least 4 members (excludes halogenated alkanes) is 1. The molecule has 0 aliphatic heterocycles. The van der Waals surface area contributed by atoms with Crippen molar-refractivity contribution in [2.24, 2.45) is 0 Å². The van der Waals surface area contributed by atoms with Gasteiger partial charge >= 0.3 is 0 Å². The smallest absolute Gasteiger partial charge is 0.261 e. The van der Waals surface area contributed by atoms with Crippen LogP contribution in [0.1, 0.15) is 30.9 Å². The first-order valence-electron chi connectivity index (χ1n) is 7.30. The average molecular weight is 321 g/mol. The summed E-state index contributed by atoms with van der Waals surface area (Å²) in [6.45, 7) is 4.01. The molecule has 0 saturated carbocycles. The van der Waals surface area contributed by atoms with Gasteiger partial charge in [-0.3, -0.25) is 4.72 Å². The molecular formula is C17H20FNO2S. The highest BCUT2D eigenvalue weighted by atomic mass is 32.2. The molecule has 2 aromatic rings. The van der Waals surface area contributed by atoms with Crippen molar-refractivity contribution in [1.82, 2.24) is 0 Å². The van der Waals surface area contributed by atoms with E-state index in [4.69, 9.17) is 0 Å². The quantitative estimate of drug-likeness (QED) is 0.863. The Morgan fingerprint density at radius 3 is 2.36 bits per heavy atom. The predicted octanol–water partition coefficient (Wildman–Crippen LogP) is 4.28. The van der Waals surface area contributed by atoms with E-state index in [-0.39, 0.29) is 4.90 Å². The van der Waals surface area contributed by atoms with Crippen molar-refractivity contribution in [3.8, 4) is 0 Å². The van der Waals surface area contributed by atoms with Crippen molar-refractivity contribution in [2.45, 2.75) is 38.0 Å². The van der Waals surface area contributed by atoms with Crippen molar-refractivity contribution in [1.29, 1.82) is 0 Å². The first-order valence-corrected chi connectivity index (χ1v) is 8.78. The molecule has 0 aliphatic carbocycles. The lowest BCUT2D eigenvalue weighted by Gasteiger charge is -2.12. The Morgan fingerprint density at radius 2 is 1.77 bits per heavy atom. The number of halogens is 1. The Kier molecular flexibility index (Phi) is 5.19. The van der Waals surface area contributed by atoms with Crippen LogP contribution in [0.3, 0.4) is 0 Å². The summed E-state index contributed by atoms with van der Waals surface area (Å²) in [6, 6.07) is 10.5. The van der Waals surface area contributed by atoms with E-state index in [0.29, 0.717) is 5.69 Å². The molecule has 2 rings (SSSR count). The van der Waals surface area contributed by atoms with E-state index in [1.807, 2.05) is 19.1 Å². The maximum Gasteiger partial charge on any atom is 0.261 e. The summed E-state index contributed by atoms with van der Waals surface area (Å²) in [5, 5.41) is 0. The standard InChI is InChI=1S/C17H20FNO2S/c1-3-4-5-14-6-11-17(13(2)12-14)19-22(20,21)16-9-7-15(18)8-10-16/h6-12,19H,3-5H2,1-2H3. The molecule has 0 aliphatic rings. The van der Waals surface area contributed by atoms with Gasteiger partial charge in [0.15, 0.2) is 0 Å². The minimum atomic E-state index is -3.70. The van der Waals surface area contributed by atoms with E-state index in [0.717, 1.165) is 37.0 Å². The molecule has 0 bridgehead atoms. The predicted molar refractivity (Wildman–Crippen MR) is 87.0 cm³/mol. The molecule has 0 amide bonds. The second-order valence-electron chi connectivity index (χ2n) is 5.31. The molecule has 0 radical (unpaired) electrons. The third-order valence-electron chi connectivity index (χ3n) is 3.48. The van der Waals surface area contributed by atoms with E-state index in [1.165, 1.54) is 17.7 Å². The largest absolute Gasteiger partial charge is 0.279 e. The summed E-state index contributed by atoms with van der Waals surface area (Å²) in [5.41, 5.74) is 2.62. The van der Waals surface area contributed by atoms with E-state index in [1.54, 1.807) is 6.07 Å². The van der Waals surface area contributed by atoms with Gasteiger partial charge in [-0.1, -0.05) is 25.5 Å². The van der Waals surface area contributed by atoms with Crippen LogP contribution < -0.4 is 4.72 Å². The monoisotopic (exact) mass is 321 g/mol. The van der Waals surface area contributed by atoms with Gasteiger partial charge in [-0.2, -0.15) is 0 Å². The van der Waals surface area contributed by atoms with E-state index < -0.39 is 15.8 Å². The number of sulfonamides is 1. The van der Waals surface area contributed by atoms with Gasteiger partial charge in [-0.25, -0.2) is 12.8 Å². The van der Waals surface area contributed by atoms with Gasteiger partial charge in [-0.05, 0) is 61.2 Å². The number of hydrogen-bond acceptors (Lipinski definition) is 2. The Bertz CT molecular complexity index is 740. The van der Waals surface area contributed by atoms with Crippen LogP contribution in [0.15, 0.2) is 47.4 Å². The highest BCUT2D eigenvalue weighted by Crippen LogP contribution is 2.22. The second kappa shape index (κ2) is 6.92. The Hall–Kier alpha value is -1.88. The third-order valence-corrected chi connectivity index (χ3v) is 4.86. The van der Waals surface area contributed by atoms with Crippen molar-refractivity contribution < 1.29 is 12.8 Å². The fourth-order valence-corrected chi connectivity index (χ4v) is 3.32. The lowest BCUT2D eigenvalue weighted by Crippen LogP contribution is -2.13. The summed E-state index contributed by atoms with van der Waals surface area (Å²) < 4.78 is 40.0. The number of aryl methyl sites for hydroxylation is 2. The minimum absolute atomic E-state index is 0.0448.